The van der Waals surface area contributed by atoms with Crippen LogP contribution in [0.4, 0.5) is 0 Å². The standard InChI is InChI=1S/C38H24O/c1-2-11-25(12-3-1)26-21-23-27(24-22-26)36-29-14-4-6-16-31(29)37(32-17-7-5-15-30(32)36)34-19-10-18-33-28-13-8-9-20-35(28)39-38(33)34/h1-24H/i1D,2D,3D,8D,9D,10D,11D,12D,13D,18D,19D,20D,21D,22D,23D,24D. The summed E-state index contributed by atoms with van der Waals surface area (Å²) in [6, 6.07) is 4.32. The van der Waals surface area contributed by atoms with Crippen molar-refractivity contribution in [2.75, 3.05) is 0 Å². The maximum atomic E-state index is 9.25. The number of furan rings is 1. The van der Waals surface area contributed by atoms with Crippen molar-refractivity contribution in [3.05, 3.63) is 145 Å². The van der Waals surface area contributed by atoms with Gasteiger partial charge in [-0.1, -0.05) is 139 Å². The van der Waals surface area contributed by atoms with Crippen molar-refractivity contribution in [3.8, 4) is 33.4 Å². The summed E-state index contributed by atoms with van der Waals surface area (Å²) >= 11 is 0. The molecule has 1 heterocycles. The second kappa shape index (κ2) is 8.72. The molecule has 0 saturated heterocycles. The molecule has 1 aromatic heterocycles. The second-order valence-electron chi connectivity index (χ2n) is 8.85. The number of para-hydroxylation sites is 2. The fourth-order valence-electron chi connectivity index (χ4n) is 5.11. The number of hydrogen-bond acceptors (Lipinski definition) is 1. The molecule has 39 heavy (non-hydrogen) atoms. The van der Waals surface area contributed by atoms with Gasteiger partial charge < -0.3 is 4.42 Å². The summed E-state index contributed by atoms with van der Waals surface area (Å²) in [6.45, 7) is 0. The van der Waals surface area contributed by atoms with Crippen LogP contribution in [0, 0.1) is 0 Å². The Balaban J connectivity index is 1.54. The molecule has 0 fully saturated rings. The molecule has 0 aliphatic carbocycles. The van der Waals surface area contributed by atoms with Crippen LogP contribution in [0.15, 0.2) is 150 Å². The lowest BCUT2D eigenvalue weighted by molar-refractivity contribution is 0.670. The largest absolute Gasteiger partial charge is 0.455 e. The minimum Gasteiger partial charge on any atom is -0.455 e. The van der Waals surface area contributed by atoms with Crippen LogP contribution < -0.4 is 0 Å². The Morgan fingerprint density at radius 3 is 1.64 bits per heavy atom. The lowest BCUT2D eigenvalue weighted by atomic mass is 9.85. The fraction of sp³-hybridized carbons (Fsp3) is 0. The van der Waals surface area contributed by atoms with Crippen molar-refractivity contribution in [2.45, 2.75) is 0 Å². The molecule has 0 spiro atoms. The van der Waals surface area contributed by atoms with Gasteiger partial charge in [0.1, 0.15) is 11.2 Å². The zero-order valence-corrected chi connectivity index (χ0v) is 20.0. The van der Waals surface area contributed by atoms with Gasteiger partial charge in [-0.3, -0.25) is 0 Å². The highest BCUT2D eigenvalue weighted by molar-refractivity contribution is 6.24. The summed E-state index contributed by atoms with van der Waals surface area (Å²) in [7, 11) is 0. The summed E-state index contributed by atoms with van der Waals surface area (Å²) in [6.07, 6.45) is 0. The molecule has 0 N–H and O–H groups in total. The molecule has 1 heteroatoms. The molecule has 0 atom stereocenters. The van der Waals surface area contributed by atoms with Crippen LogP contribution in [0.2, 0.25) is 0 Å². The van der Waals surface area contributed by atoms with Crippen molar-refractivity contribution in [2.24, 2.45) is 0 Å². The summed E-state index contributed by atoms with van der Waals surface area (Å²) in [5.74, 6) is 0. The van der Waals surface area contributed by atoms with Gasteiger partial charge in [-0.25, -0.2) is 0 Å². The minimum absolute atomic E-state index is 0.0269. The van der Waals surface area contributed by atoms with E-state index in [1.165, 1.54) is 0 Å². The van der Waals surface area contributed by atoms with Crippen molar-refractivity contribution in [1.82, 2.24) is 0 Å². The second-order valence-corrected chi connectivity index (χ2v) is 8.85. The molecular weight excluding hydrogens is 472 g/mol. The Labute approximate surface area is 249 Å². The smallest absolute Gasteiger partial charge is 0.143 e. The molecule has 7 aromatic carbocycles. The summed E-state index contributed by atoms with van der Waals surface area (Å²) < 4.78 is 145. The predicted molar refractivity (Wildman–Crippen MR) is 165 cm³/mol. The van der Waals surface area contributed by atoms with Crippen molar-refractivity contribution < 1.29 is 26.3 Å². The molecule has 182 valence electrons. The summed E-state index contributed by atoms with van der Waals surface area (Å²) in [5, 5.41) is 1.43. The number of fused-ring (bicyclic) bond motifs is 5. The van der Waals surface area contributed by atoms with Gasteiger partial charge in [0.25, 0.3) is 0 Å². The Morgan fingerprint density at radius 1 is 0.410 bits per heavy atom. The van der Waals surface area contributed by atoms with Crippen molar-refractivity contribution in [1.29, 1.82) is 0 Å². The van der Waals surface area contributed by atoms with E-state index in [-0.39, 0.29) is 38.6 Å². The van der Waals surface area contributed by atoms with E-state index in [0.29, 0.717) is 27.1 Å². The van der Waals surface area contributed by atoms with Crippen LogP contribution in [0.1, 0.15) is 21.9 Å². The van der Waals surface area contributed by atoms with E-state index in [1.807, 2.05) is 0 Å². The van der Waals surface area contributed by atoms with Crippen LogP contribution in [-0.4, -0.2) is 0 Å². The van der Waals surface area contributed by atoms with Gasteiger partial charge >= 0.3 is 0 Å². The molecule has 0 amide bonds. The van der Waals surface area contributed by atoms with E-state index in [2.05, 4.69) is 0 Å². The molecule has 0 radical (unpaired) electrons. The van der Waals surface area contributed by atoms with Crippen molar-refractivity contribution in [3.63, 3.8) is 0 Å². The lowest BCUT2D eigenvalue weighted by Gasteiger charge is -2.18. The maximum Gasteiger partial charge on any atom is 0.143 e. The highest BCUT2D eigenvalue weighted by atomic mass is 16.3. The first kappa shape index (κ1) is 11.3. The number of rotatable bonds is 3. The van der Waals surface area contributed by atoms with Crippen LogP contribution in [0.5, 0.6) is 0 Å². The molecule has 0 bridgehead atoms. The van der Waals surface area contributed by atoms with Crippen molar-refractivity contribution >= 4 is 43.5 Å². The zero-order chi connectivity index (χ0) is 39.7. The minimum atomic E-state index is -0.690. The molecule has 0 aliphatic rings. The first-order valence-electron chi connectivity index (χ1n) is 20.1. The molecule has 0 unspecified atom stereocenters. The average molecular weight is 513 g/mol. The lowest BCUT2D eigenvalue weighted by Crippen LogP contribution is -1.91. The van der Waals surface area contributed by atoms with Crippen LogP contribution in [0.25, 0.3) is 76.9 Å². The van der Waals surface area contributed by atoms with Gasteiger partial charge in [-0.05, 0) is 49.8 Å². The predicted octanol–water partition coefficient (Wildman–Crippen LogP) is 10.9. The summed E-state index contributed by atoms with van der Waals surface area (Å²) in [4.78, 5) is 0. The maximum absolute atomic E-state index is 9.25. The monoisotopic (exact) mass is 512 g/mol. The van der Waals surface area contributed by atoms with Gasteiger partial charge in [0.15, 0.2) is 0 Å². The van der Waals surface area contributed by atoms with Crippen LogP contribution in [-0.2, 0) is 0 Å². The molecule has 8 rings (SSSR count). The first-order valence-corrected chi connectivity index (χ1v) is 12.1. The van der Waals surface area contributed by atoms with E-state index < -0.39 is 108 Å². The fourth-order valence-corrected chi connectivity index (χ4v) is 5.11. The highest BCUT2D eigenvalue weighted by Crippen LogP contribution is 2.46. The van der Waals surface area contributed by atoms with E-state index in [4.69, 9.17) is 22.2 Å². The van der Waals surface area contributed by atoms with E-state index in [1.54, 1.807) is 48.5 Å². The average Bonchev–Trinajstić information content (AvgIpc) is 3.58. The van der Waals surface area contributed by atoms with E-state index in [0.717, 1.165) is 0 Å². The topological polar surface area (TPSA) is 13.1 Å². The Hall–Kier alpha value is -5.14. The van der Waals surface area contributed by atoms with Gasteiger partial charge in [-0.15, -0.1) is 0 Å². The Morgan fingerprint density at radius 2 is 0.949 bits per heavy atom. The molecule has 1 nitrogen and oxygen atoms in total. The molecule has 0 aliphatic heterocycles. The Bertz CT molecular complexity index is 2940. The van der Waals surface area contributed by atoms with Crippen LogP contribution >= 0.6 is 0 Å². The summed E-state index contributed by atoms with van der Waals surface area (Å²) in [5.41, 5.74) is -0.802. The number of benzene rings is 7. The molecular formula is C38H24O. The molecule has 0 saturated carbocycles. The van der Waals surface area contributed by atoms with Gasteiger partial charge in [0.05, 0.1) is 21.9 Å². The quantitative estimate of drug-likeness (QED) is 0.215. The number of hydrogen-bond donors (Lipinski definition) is 0. The normalized spacial score (nSPS) is 17.3. The zero-order valence-electron chi connectivity index (χ0n) is 36.0. The van der Waals surface area contributed by atoms with Gasteiger partial charge in [0, 0.05) is 21.9 Å². The Kier molecular flexibility index (Phi) is 2.53. The highest BCUT2D eigenvalue weighted by Gasteiger charge is 2.19. The third-order valence-electron chi connectivity index (χ3n) is 6.74. The molecule has 8 aromatic rings. The van der Waals surface area contributed by atoms with Gasteiger partial charge in [0.2, 0.25) is 0 Å². The van der Waals surface area contributed by atoms with E-state index >= 15 is 0 Å². The third-order valence-corrected chi connectivity index (χ3v) is 6.74. The first-order chi connectivity index (χ1) is 26.0. The third kappa shape index (κ3) is 3.41. The van der Waals surface area contributed by atoms with Gasteiger partial charge in [-0.2, -0.15) is 0 Å². The van der Waals surface area contributed by atoms with Crippen LogP contribution in [0.3, 0.4) is 0 Å². The van der Waals surface area contributed by atoms with E-state index in [9.17, 15) is 4.11 Å². The SMILES string of the molecule is [2H]c1c([2H])c([2H])c(-c2c([2H])c([2H])c(-c3c4ccccc4c(-c4c([2H])c([2H])c([2H])c5c4oc4c([2H])c([2H])c([2H])c([2H])c45)c4ccccc34)c([2H])c2[2H])c([2H])c1[2H].